The van der Waals surface area contributed by atoms with Crippen LogP contribution in [0.4, 0.5) is 0 Å². The number of hydrogen-bond donors (Lipinski definition) is 0. The molecule has 2 aromatic heterocycles. The molecule has 0 fully saturated rings. The van der Waals surface area contributed by atoms with Crippen LogP contribution in [0.5, 0.6) is 0 Å². The van der Waals surface area contributed by atoms with Gasteiger partial charge in [-0.05, 0) is 12.5 Å². The summed E-state index contributed by atoms with van der Waals surface area (Å²) in [7, 11) is 1.73. The molecular formula is C13H19N5O2. The van der Waals surface area contributed by atoms with E-state index in [1.54, 1.807) is 29.0 Å². The molecule has 2 heterocycles. The number of aromatic nitrogens is 4. The molecular weight excluding hydrogens is 258 g/mol. The third kappa shape index (κ3) is 3.04. The number of aryl methyl sites for hydroxylation is 1. The summed E-state index contributed by atoms with van der Waals surface area (Å²) in [6, 6.07) is 1.50. The van der Waals surface area contributed by atoms with Crippen molar-refractivity contribution in [3.05, 3.63) is 30.2 Å². The Morgan fingerprint density at radius 1 is 1.40 bits per heavy atom. The Kier molecular flexibility index (Phi) is 4.49. The molecule has 0 aliphatic rings. The van der Waals surface area contributed by atoms with Crippen molar-refractivity contribution in [2.75, 3.05) is 7.05 Å². The SMILES string of the molecule is CCc1nnc(CN(C)C(=O)[C@H](CC)n2cccn2)o1. The second-order valence-corrected chi connectivity index (χ2v) is 4.55. The van der Waals surface area contributed by atoms with Gasteiger partial charge in [0.1, 0.15) is 6.04 Å². The fourth-order valence-corrected chi connectivity index (χ4v) is 1.97. The van der Waals surface area contributed by atoms with Gasteiger partial charge in [0.2, 0.25) is 17.7 Å². The van der Waals surface area contributed by atoms with Crippen molar-refractivity contribution in [2.24, 2.45) is 0 Å². The molecule has 2 aromatic rings. The fourth-order valence-electron chi connectivity index (χ4n) is 1.97. The molecule has 1 amide bonds. The van der Waals surface area contributed by atoms with E-state index in [1.807, 2.05) is 19.9 Å². The first-order valence-corrected chi connectivity index (χ1v) is 6.71. The monoisotopic (exact) mass is 277 g/mol. The van der Waals surface area contributed by atoms with Crippen LogP contribution in [-0.2, 0) is 17.8 Å². The van der Waals surface area contributed by atoms with Crippen molar-refractivity contribution in [3.63, 3.8) is 0 Å². The average molecular weight is 277 g/mol. The Morgan fingerprint density at radius 2 is 2.15 bits per heavy atom. The van der Waals surface area contributed by atoms with Gasteiger partial charge >= 0.3 is 0 Å². The maximum atomic E-state index is 12.4. The second kappa shape index (κ2) is 6.31. The molecule has 20 heavy (non-hydrogen) atoms. The maximum Gasteiger partial charge on any atom is 0.247 e. The van der Waals surface area contributed by atoms with E-state index < -0.39 is 0 Å². The van der Waals surface area contributed by atoms with Crippen LogP contribution in [0, 0.1) is 0 Å². The predicted octanol–water partition coefficient (Wildman–Crippen LogP) is 1.44. The molecule has 0 unspecified atom stereocenters. The summed E-state index contributed by atoms with van der Waals surface area (Å²) in [5, 5.41) is 11.9. The topological polar surface area (TPSA) is 77.1 Å². The minimum atomic E-state index is -0.302. The van der Waals surface area contributed by atoms with Crippen molar-refractivity contribution >= 4 is 5.91 Å². The van der Waals surface area contributed by atoms with Gasteiger partial charge in [-0.3, -0.25) is 9.48 Å². The summed E-state index contributed by atoms with van der Waals surface area (Å²) in [4.78, 5) is 14.0. The minimum Gasteiger partial charge on any atom is -0.423 e. The third-order valence-corrected chi connectivity index (χ3v) is 3.08. The highest BCUT2D eigenvalue weighted by atomic mass is 16.4. The molecule has 0 aromatic carbocycles. The second-order valence-electron chi connectivity index (χ2n) is 4.55. The molecule has 0 spiro atoms. The quantitative estimate of drug-likeness (QED) is 0.798. The van der Waals surface area contributed by atoms with Gasteiger partial charge in [0, 0.05) is 25.9 Å². The van der Waals surface area contributed by atoms with Gasteiger partial charge in [-0.25, -0.2) is 0 Å². The Labute approximate surface area is 117 Å². The normalized spacial score (nSPS) is 12.3. The number of nitrogens with zero attached hydrogens (tertiary/aromatic N) is 5. The zero-order valence-electron chi connectivity index (χ0n) is 12.0. The van der Waals surface area contributed by atoms with Crippen LogP contribution in [0.15, 0.2) is 22.9 Å². The molecule has 0 saturated carbocycles. The minimum absolute atomic E-state index is 0.0209. The van der Waals surface area contributed by atoms with E-state index in [0.717, 1.165) is 0 Å². The van der Waals surface area contributed by atoms with E-state index in [9.17, 15) is 4.79 Å². The van der Waals surface area contributed by atoms with E-state index >= 15 is 0 Å². The van der Waals surface area contributed by atoms with Crippen molar-refractivity contribution < 1.29 is 9.21 Å². The largest absolute Gasteiger partial charge is 0.423 e. The number of likely N-dealkylation sites (N-methyl/N-ethyl adjacent to an activating group) is 1. The lowest BCUT2D eigenvalue weighted by Gasteiger charge is -2.21. The highest BCUT2D eigenvalue weighted by Crippen LogP contribution is 2.14. The van der Waals surface area contributed by atoms with Gasteiger partial charge in [-0.2, -0.15) is 5.10 Å². The van der Waals surface area contributed by atoms with Gasteiger partial charge in [0.15, 0.2) is 0 Å². The van der Waals surface area contributed by atoms with Crippen LogP contribution in [0.2, 0.25) is 0 Å². The average Bonchev–Trinajstić information content (AvgIpc) is 3.10. The van der Waals surface area contributed by atoms with E-state index in [0.29, 0.717) is 31.2 Å². The van der Waals surface area contributed by atoms with Crippen LogP contribution in [0.3, 0.4) is 0 Å². The first-order chi connectivity index (χ1) is 9.65. The molecule has 0 aliphatic carbocycles. The summed E-state index contributed by atoms with van der Waals surface area (Å²) in [6.07, 6.45) is 4.83. The summed E-state index contributed by atoms with van der Waals surface area (Å²) in [5.74, 6) is 1.01. The lowest BCUT2D eigenvalue weighted by molar-refractivity contribution is -0.134. The third-order valence-electron chi connectivity index (χ3n) is 3.08. The van der Waals surface area contributed by atoms with Gasteiger partial charge in [0.05, 0.1) is 6.54 Å². The number of hydrogen-bond acceptors (Lipinski definition) is 5. The van der Waals surface area contributed by atoms with Crippen LogP contribution in [0.1, 0.15) is 38.1 Å². The number of carbonyl (C=O) groups is 1. The first-order valence-electron chi connectivity index (χ1n) is 6.71. The van der Waals surface area contributed by atoms with Crippen LogP contribution < -0.4 is 0 Å². The summed E-state index contributed by atoms with van der Waals surface area (Å²) >= 11 is 0. The number of carbonyl (C=O) groups excluding carboxylic acids is 1. The van der Waals surface area contributed by atoms with Gasteiger partial charge < -0.3 is 9.32 Å². The van der Waals surface area contributed by atoms with Crippen molar-refractivity contribution in [3.8, 4) is 0 Å². The smallest absolute Gasteiger partial charge is 0.247 e. The van der Waals surface area contributed by atoms with E-state index in [4.69, 9.17) is 4.42 Å². The Bertz CT molecular complexity index is 549. The summed E-state index contributed by atoms with van der Waals surface area (Å²) in [5.41, 5.74) is 0. The lowest BCUT2D eigenvalue weighted by Crippen LogP contribution is -2.34. The highest BCUT2D eigenvalue weighted by Gasteiger charge is 2.23. The molecule has 0 bridgehead atoms. The Morgan fingerprint density at radius 3 is 2.70 bits per heavy atom. The van der Waals surface area contributed by atoms with Crippen molar-refractivity contribution in [1.29, 1.82) is 0 Å². The standard InChI is InChI=1S/C13H19N5O2/c1-4-10(18-8-6-7-14-18)13(19)17(3)9-12-16-15-11(5-2)20-12/h6-8,10H,4-5,9H2,1-3H3/t10-/m0/s1. The molecule has 0 N–H and O–H groups in total. The molecule has 0 radical (unpaired) electrons. The number of amides is 1. The zero-order valence-corrected chi connectivity index (χ0v) is 12.0. The van der Waals surface area contributed by atoms with E-state index in [1.165, 1.54) is 0 Å². The maximum absolute atomic E-state index is 12.4. The first kappa shape index (κ1) is 14.2. The van der Waals surface area contributed by atoms with E-state index in [-0.39, 0.29) is 11.9 Å². The Balaban J connectivity index is 2.03. The van der Waals surface area contributed by atoms with Gasteiger partial charge in [0.25, 0.3) is 0 Å². The van der Waals surface area contributed by atoms with Gasteiger partial charge in [-0.1, -0.05) is 13.8 Å². The lowest BCUT2D eigenvalue weighted by atomic mass is 10.2. The van der Waals surface area contributed by atoms with E-state index in [2.05, 4.69) is 15.3 Å². The Hall–Kier alpha value is -2.18. The van der Waals surface area contributed by atoms with Gasteiger partial charge in [-0.15, -0.1) is 10.2 Å². The molecule has 7 nitrogen and oxygen atoms in total. The predicted molar refractivity (Wildman–Crippen MR) is 71.7 cm³/mol. The zero-order chi connectivity index (χ0) is 14.5. The van der Waals surface area contributed by atoms with Crippen LogP contribution >= 0.6 is 0 Å². The molecule has 2 rings (SSSR count). The molecule has 1 atom stereocenters. The molecule has 0 aliphatic heterocycles. The number of rotatable bonds is 6. The molecule has 108 valence electrons. The van der Waals surface area contributed by atoms with Crippen LogP contribution in [-0.4, -0.2) is 37.8 Å². The molecule has 7 heteroatoms. The van der Waals surface area contributed by atoms with Crippen molar-refractivity contribution in [2.45, 2.75) is 39.3 Å². The van der Waals surface area contributed by atoms with Crippen LogP contribution in [0.25, 0.3) is 0 Å². The molecule has 0 saturated heterocycles. The summed E-state index contributed by atoms with van der Waals surface area (Å²) < 4.78 is 7.09. The highest BCUT2D eigenvalue weighted by molar-refractivity contribution is 5.79. The fraction of sp³-hybridized carbons (Fsp3) is 0.538. The summed E-state index contributed by atoms with van der Waals surface area (Å²) in [6.45, 7) is 4.21. The van der Waals surface area contributed by atoms with Crippen molar-refractivity contribution in [1.82, 2.24) is 24.9 Å².